The molecule has 0 bridgehead atoms. The molecule has 1 fully saturated rings. The lowest BCUT2D eigenvalue weighted by molar-refractivity contribution is 0.317. The topological polar surface area (TPSA) is 92.0 Å². The number of sulfonamides is 1. The molecule has 2 aromatic carbocycles. The van der Waals surface area contributed by atoms with Crippen LogP contribution in [0.25, 0.3) is 0 Å². The van der Waals surface area contributed by atoms with E-state index in [-0.39, 0.29) is 11.5 Å². The molecule has 8 heteroatoms. The smallest absolute Gasteiger partial charge is 0.250 e. The summed E-state index contributed by atoms with van der Waals surface area (Å²) in [6.45, 7) is 3.17. The minimum atomic E-state index is -3.14. The van der Waals surface area contributed by atoms with E-state index in [4.69, 9.17) is 0 Å². The standard InChI is InChI=1S/C28H33N3O4S/c1-20-6-4-5-7-25(20)26(18-27(29-33)24-12-13-28(32)30(2)19-24)23-10-8-21(9-11-23)22-14-16-31(17-15-22)36(3,34)35/h4-13,19,22,26,33H,14-18H2,1-3H3. The molecule has 0 amide bonds. The first-order chi connectivity index (χ1) is 17.2. The maximum Gasteiger partial charge on any atom is 0.250 e. The van der Waals surface area contributed by atoms with Crippen molar-refractivity contribution in [2.45, 2.75) is 38.0 Å². The normalized spacial score (nSPS) is 16.7. The van der Waals surface area contributed by atoms with Gasteiger partial charge in [-0.3, -0.25) is 4.79 Å². The van der Waals surface area contributed by atoms with E-state index in [1.54, 1.807) is 23.6 Å². The van der Waals surface area contributed by atoms with Crippen LogP contribution in [0.1, 0.15) is 58.9 Å². The third-order valence-corrected chi connectivity index (χ3v) is 8.54. The van der Waals surface area contributed by atoms with Crippen molar-refractivity contribution >= 4 is 15.7 Å². The van der Waals surface area contributed by atoms with Crippen molar-refractivity contribution in [2.75, 3.05) is 19.3 Å². The van der Waals surface area contributed by atoms with E-state index in [2.05, 4.69) is 48.5 Å². The van der Waals surface area contributed by atoms with Gasteiger partial charge in [0.2, 0.25) is 15.6 Å². The molecular weight excluding hydrogens is 474 g/mol. The average molecular weight is 508 g/mol. The van der Waals surface area contributed by atoms with E-state index in [0.717, 1.165) is 29.5 Å². The van der Waals surface area contributed by atoms with Crippen LogP contribution in [0.3, 0.4) is 0 Å². The summed E-state index contributed by atoms with van der Waals surface area (Å²) in [6, 6.07) is 19.9. The molecule has 0 aliphatic carbocycles. The summed E-state index contributed by atoms with van der Waals surface area (Å²) < 4.78 is 26.7. The quantitative estimate of drug-likeness (QED) is 0.294. The van der Waals surface area contributed by atoms with Gasteiger partial charge in [-0.1, -0.05) is 53.7 Å². The molecule has 1 unspecified atom stereocenters. The van der Waals surface area contributed by atoms with Crippen LogP contribution in [0.2, 0.25) is 0 Å². The predicted octanol–water partition coefficient (Wildman–Crippen LogP) is 4.23. The number of aryl methyl sites for hydroxylation is 2. The molecule has 2 heterocycles. The fourth-order valence-electron chi connectivity index (χ4n) is 5.08. The van der Waals surface area contributed by atoms with Crippen LogP contribution in [0.5, 0.6) is 0 Å². The number of pyridine rings is 1. The van der Waals surface area contributed by atoms with E-state index in [1.807, 2.05) is 12.1 Å². The number of aromatic nitrogens is 1. The van der Waals surface area contributed by atoms with Crippen molar-refractivity contribution in [3.05, 3.63) is 105 Å². The molecule has 1 aliphatic heterocycles. The van der Waals surface area contributed by atoms with Crippen molar-refractivity contribution in [2.24, 2.45) is 12.2 Å². The molecular formula is C28H33N3O4S. The number of benzene rings is 2. The van der Waals surface area contributed by atoms with Crippen molar-refractivity contribution < 1.29 is 13.6 Å². The lowest BCUT2D eigenvalue weighted by Gasteiger charge is -2.30. The maximum absolute atomic E-state index is 11.8. The highest BCUT2D eigenvalue weighted by molar-refractivity contribution is 7.88. The Morgan fingerprint density at radius 2 is 1.72 bits per heavy atom. The molecule has 0 saturated carbocycles. The van der Waals surface area contributed by atoms with Gasteiger partial charge in [-0.2, -0.15) is 0 Å². The van der Waals surface area contributed by atoms with Gasteiger partial charge >= 0.3 is 0 Å². The Balaban J connectivity index is 1.62. The van der Waals surface area contributed by atoms with Gasteiger partial charge in [-0.15, -0.1) is 0 Å². The molecule has 1 N–H and O–H groups in total. The highest BCUT2D eigenvalue weighted by Crippen LogP contribution is 2.34. The van der Waals surface area contributed by atoms with E-state index in [1.165, 1.54) is 22.5 Å². The summed E-state index contributed by atoms with van der Waals surface area (Å²) in [5.41, 5.74) is 5.71. The van der Waals surface area contributed by atoms with Crippen LogP contribution < -0.4 is 5.56 Å². The van der Waals surface area contributed by atoms with Crippen molar-refractivity contribution in [1.82, 2.24) is 8.87 Å². The molecule has 1 aromatic heterocycles. The first-order valence-electron chi connectivity index (χ1n) is 12.2. The summed E-state index contributed by atoms with van der Waals surface area (Å²) in [5.74, 6) is 0.282. The number of hydrogen-bond donors (Lipinski definition) is 1. The first-order valence-corrected chi connectivity index (χ1v) is 14.0. The SMILES string of the molecule is Cc1ccccc1C(CC(=NO)c1ccc(=O)n(C)c1)c1ccc(C2CCN(S(C)(=O)=O)CC2)cc1. The highest BCUT2D eigenvalue weighted by atomic mass is 32.2. The molecule has 1 saturated heterocycles. The van der Waals surface area contributed by atoms with Crippen LogP contribution in [-0.2, 0) is 17.1 Å². The summed E-state index contributed by atoms with van der Waals surface area (Å²) in [5, 5.41) is 13.5. The second-order valence-corrected chi connectivity index (χ2v) is 11.6. The Morgan fingerprint density at radius 3 is 2.31 bits per heavy atom. The molecule has 190 valence electrons. The molecule has 3 aromatic rings. The lowest BCUT2D eigenvalue weighted by atomic mass is 9.82. The Labute approximate surface area is 212 Å². The number of oxime groups is 1. The first kappa shape index (κ1) is 25.9. The number of nitrogens with zero attached hydrogens (tertiary/aromatic N) is 3. The summed E-state index contributed by atoms with van der Waals surface area (Å²) >= 11 is 0. The molecule has 7 nitrogen and oxygen atoms in total. The molecule has 1 atom stereocenters. The molecule has 0 spiro atoms. The summed E-state index contributed by atoms with van der Waals surface area (Å²) in [4.78, 5) is 11.8. The van der Waals surface area contributed by atoms with Crippen LogP contribution >= 0.6 is 0 Å². The van der Waals surface area contributed by atoms with Gasteiger partial charge in [-0.05, 0) is 54.0 Å². The second-order valence-electron chi connectivity index (χ2n) is 9.63. The molecule has 36 heavy (non-hydrogen) atoms. The zero-order valence-corrected chi connectivity index (χ0v) is 21.8. The zero-order valence-electron chi connectivity index (χ0n) is 21.0. The lowest BCUT2D eigenvalue weighted by Crippen LogP contribution is -2.37. The van der Waals surface area contributed by atoms with Crippen molar-refractivity contribution in [3.8, 4) is 0 Å². The Kier molecular flexibility index (Phi) is 7.76. The van der Waals surface area contributed by atoms with Crippen LogP contribution in [-0.4, -0.2) is 47.6 Å². The predicted molar refractivity (Wildman–Crippen MR) is 142 cm³/mol. The number of piperidine rings is 1. The maximum atomic E-state index is 11.8. The van der Waals surface area contributed by atoms with Crippen LogP contribution in [0, 0.1) is 6.92 Å². The van der Waals surface area contributed by atoms with E-state index < -0.39 is 10.0 Å². The van der Waals surface area contributed by atoms with E-state index in [9.17, 15) is 18.4 Å². The Morgan fingerprint density at radius 1 is 1.06 bits per heavy atom. The van der Waals surface area contributed by atoms with E-state index in [0.29, 0.717) is 36.7 Å². The zero-order chi connectivity index (χ0) is 25.9. The van der Waals surface area contributed by atoms with Gasteiger partial charge in [0, 0.05) is 50.3 Å². The van der Waals surface area contributed by atoms with Gasteiger partial charge in [-0.25, -0.2) is 12.7 Å². The second kappa shape index (κ2) is 10.8. The van der Waals surface area contributed by atoms with Gasteiger partial charge < -0.3 is 9.77 Å². The Hall–Kier alpha value is -3.23. The third-order valence-electron chi connectivity index (χ3n) is 7.23. The fourth-order valence-corrected chi connectivity index (χ4v) is 5.95. The van der Waals surface area contributed by atoms with Gasteiger partial charge in [0.15, 0.2) is 0 Å². The summed E-state index contributed by atoms with van der Waals surface area (Å²) in [7, 11) is -1.46. The van der Waals surface area contributed by atoms with Gasteiger partial charge in [0.25, 0.3) is 0 Å². The minimum absolute atomic E-state index is 0.0459. The van der Waals surface area contributed by atoms with Gasteiger partial charge in [0.05, 0.1) is 12.0 Å². The van der Waals surface area contributed by atoms with Crippen molar-refractivity contribution in [1.29, 1.82) is 0 Å². The number of rotatable bonds is 7. The largest absolute Gasteiger partial charge is 0.411 e. The van der Waals surface area contributed by atoms with Crippen LogP contribution in [0.15, 0.2) is 76.8 Å². The Bertz CT molecular complexity index is 1400. The van der Waals surface area contributed by atoms with Crippen molar-refractivity contribution in [3.63, 3.8) is 0 Å². The number of hydrogen-bond acceptors (Lipinski definition) is 5. The third kappa shape index (κ3) is 5.77. The molecule has 0 radical (unpaired) electrons. The molecule has 1 aliphatic rings. The minimum Gasteiger partial charge on any atom is -0.411 e. The highest BCUT2D eigenvalue weighted by Gasteiger charge is 2.26. The summed E-state index contributed by atoms with van der Waals surface area (Å²) in [6.07, 6.45) is 5.04. The average Bonchev–Trinajstić information content (AvgIpc) is 2.87. The van der Waals surface area contributed by atoms with E-state index >= 15 is 0 Å². The van der Waals surface area contributed by atoms with Gasteiger partial charge in [0.1, 0.15) is 0 Å². The monoisotopic (exact) mass is 507 g/mol. The molecule has 4 rings (SSSR count). The van der Waals surface area contributed by atoms with Crippen LogP contribution in [0.4, 0.5) is 0 Å². The fraction of sp³-hybridized carbons (Fsp3) is 0.357.